The molecule has 0 saturated carbocycles. The number of aromatic amines is 2. The number of aromatic nitrogens is 3. The molecule has 1 atom stereocenters. The van der Waals surface area contributed by atoms with E-state index >= 15 is 0 Å². The predicted molar refractivity (Wildman–Crippen MR) is 101 cm³/mol. The van der Waals surface area contributed by atoms with E-state index in [1.807, 2.05) is 48.7 Å². The Labute approximate surface area is 150 Å². The van der Waals surface area contributed by atoms with Crippen LogP contribution in [0.3, 0.4) is 0 Å². The van der Waals surface area contributed by atoms with Crippen LogP contribution < -0.4 is 0 Å². The second-order valence-electron chi connectivity index (χ2n) is 6.38. The Kier molecular flexibility index (Phi) is 4.24. The van der Waals surface area contributed by atoms with Gasteiger partial charge in [-0.15, -0.1) is 0 Å². The molecule has 26 heavy (non-hydrogen) atoms. The molecule has 2 heterocycles. The first-order valence-corrected chi connectivity index (χ1v) is 8.68. The molecule has 0 saturated heterocycles. The lowest BCUT2D eigenvalue weighted by atomic mass is 9.98. The van der Waals surface area contributed by atoms with Crippen molar-refractivity contribution in [1.29, 1.82) is 5.26 Å². The first kappa shape index (κ1) is 16.1. The number of hydrogen-bond donors (Lipinski definition) is 2. The number of hydrogen-bond acceptors (Lipinski definition) is 3. The number of nitrogens with zero attached hydrogens (tertiary/aromatic N) is 2. The fourth-order valence-electron chi connectivity index (χ4n) is 3.33. The van der Waals surface area contributed by atoms with Gasteiger partial charge in [0.15, 0.2) is 11.7 Å². The molecule has 4 rings (SSSR count). The van der Waals surface area contributed by atoms with E-state index in [-0.39, 0.29) is 5.78 Å². The zero-order chi connectivity index (χ0) is 17.9. The Balaban J connectivity index is 1.44. The predicted octanol–water partition coefficient (Wildman–Crippen LogP) is 4.24. The van der Waals surface area contributed by atoms with Crippen LogP contribution in [0, 0.1) is 11.3 Å². The maximum Gasteiger partial charge on any atom is 0.162 e. The van der Waals surface area contributed by atoms with E-state index in [0.29, 0.717) is 18.7 Å². The van der Waals surface area contributed by atoms with Crippen molar-refractivity contribution < 1.29 is 4.79 Å². The summed E-state index contributed by atoms with van der Waals surface area (Å²) in [5.74, 6) is -0.498. The highest BCUT2D eigenvalue weighted by Crippen LogP contribution is 2.22. The van der Waals surface area contributed by atoms with Gasteiger partial charge in [0.2, 0.25) is 0 Å². The topological polar surface area (TPSA) is 85.3 Å². The summed E-state index contributed by atoms with van der Waals surface area (Å²) in [6, 6.07) is 17.8. The highest BCUT2D eigenvalue weighted by Gasteiger charge is 2.23. The van der Waals surface area contributed by atoms with Gasteiger partial charge >= 0.3 is 0 Å². The molecule has 4 aromatic rings. The van der Waals surface area contributed by atoms with Crippen LogP contribution in [-0.4, -0.2) is 20.7 Å². The summed E-state index contributed by atoms with van der Waals surface area (Å²) >= 11 is 0. The van der Waals surface area contributed by atoms with Crippen LogP contribution >= 0.6 is 0 Å². The van der Waals surface area contributed by atoms with Gasteiger partial charge in [0.1, 0.15) is 5.82 Å². The second kappa shape index (κ2) is 6.85. The molecule has 0 fully saturated rings. The Bertz CT molecular complexity index is 1080. The standard InChI is InChI=1S/C21H18N4O/c22-12-16(21-24-18-9-3-4-10-19(18)25-21)20(26)11-5-6-14-13-23-17-8-2-1-7-15(14)17/h1-4,7-10,13,16,23H,5-6,11H2,(H,24,25)/t16-/m1/s1. The number of nitriles is 1. The molecule has 2 aromatic heterocycles. The van der Waals surface area contributed by atoms with Gasteiger partial charge in [0.25, 0.3) is 0 Å². The zero-order valence-corrected chi connectivity index (χ0v) is 14.2. The number of fused-ring (bicyclic) bond motifs is 2. The minimum Gasteiger partial charge on any atom is -0.361 e. The largest absolute Gasteiger partial charge is 0.361 e. The first-order valence-electron chi connectivity index (χ1n) is 8.68. The number of benzene rings is 2. The smallest absolute Gasteiger partial charge is 0.162 e. The summed E-state index contributed by atoms with van der Waals surface area (Å²) in [5, 5.41) is 10.7. The molecule has 0 aliphatic heterocycles. The molecule has 5 heteroatoms. The van der Waals surface area contributed by atoms with Crippen LogP contribution in [0.25, 0.3) is 21.9 Å². The van der Waals surface area contributed by atoms with Crippen molar-refractivity contribution in [2.75, 3.05) is 0 Å². The summed E-state index contributed by atoms with van der Waals surface area (Å²) in [6.07, 6.45) is 3.86. The van der Waals surface area contributed by atoms with Crippen molar-refractivity contribution >= 4 is 27.7 Å². The highest BCUT2D eigenvalue weighted by molar-refractivity contribution is 5.89. The molecule has 2 N–H and O–H groups in total. The number of para-hydroxylation sites is 3. The molecule has 0 unspecified atom stereocenters. The van der Waals surface area contributed by atoms with E-state index < -0.39 is 5.92 Å². The van der Waals surface area contributed by atoms with Crippen molar-refractivity contribution in [3.05, 3.63) is 66.1 Å². The summed E-state index contributed by atoms with van der Waals surface area (Å²) in [4.78, 5) is 23.3. The molecule has 5 nitrogen and oxygen atoms in total. The Morgan fingerprint density at radius 1 is 1.12 bits per heavy atom. The van der Waals surface area contributed by atoms with Crippen LogP contribution in [0.5, 0.6) is 0 Å². The van der Waals surface area contributed by atoms with Gasteiger partial charge in [0.05, 0.1) is 17.1 Å². The molecule has 0 spiro atoms. The lowest BCUT2D eigenvalue weighted by Gasteiger charge is -2.05. The summed E-state index contributed by atoms with van der Waals surface area (Å²) in [6.45, 7) is 0. The zero-order valence-electron chi connectivity index (χ0n) is 14.2. The van der Waals surface area contributed by atoms with E-state index in [9.17, 15) is 10.1 Å². The number of ketones is 1. The SMILES string of the molecule is N#C[C@H](C(=O)CCCc1c[nH]c2ccccc12)c1nc2ccccc2[nH]1. The molecule has 0 bridgehead atoms. The summed E-state index contributed by atoms with van der Waals surface area (Å²) < 4.78 is 0. The number of nitrogens with one attached hydrogen (secondary N) is 2. The number of rotatable bonds is 6. The quantitative estimate of drug-likeness (QED) is 0.549. The summed E-state index contributed by atoms with van der Waals surface area (Å²) in [5.41, 5.74) is 3.92. The lowest BCUT2D eigenvalue weighted by Crippen LogP contribution is -2.12. The van der Waals surface area contributed by atoms with Gasteiger partial charge in [-0.2, -0.15) is 5.26 Å². The molecule has 0 aliphatic carbocycles. The van der Waals surface area contributed by atoms with Gasteiger partial charge in [-0.1, -0.05) is 30.3 Å². The normalized spacial score (nSPS) is 12.3. The van der Waals surface area contributed by atoms with Gasteiger partial charge in [-0.25, -0.2) is 4.98 Å². The fourth-order valence-corrected chi connectivity index (χ4v) is 3.33. The van der Waals surface area contributed by atoms with E-state index in [4.69, 9.17) is 0 Å². The number of Topliss-reactive ketones (excluding diaryl/α,β-unsaturated/α-hetero) is 1. The lowest BCUT2D eigenvalue weighted by molar-refractivity contribution is -0.119. The average molecular weight is 342 g/mol. The Morgan fingerprint density at radius 3 is 2.69 bits per heavy atom. The maximum absolute atomic E-state index is 12.6. The molecule has 0 amide bonds. The van der Waals surface area contributed by atoms with Crippen LogP contribution in [0.1, 0.15) is 30.1 Å². The third-order valence-electron chi connectivity index (χ3n) is 4.68. The van der Waals surface area contributed by atoms with Crippen molar-refractivity contribution in [2.24, 2.45) is 0 Å². The van der Waals surface area contributed by atoms with Crippen molar-refractivity contribution in [1.82, 2.24) is 15.0 Å². The monoisotopic (exact) mass is 342 g/mol. The minimum atomic E-state index is -0.842. The second-order valence-corrected chi connectivity index (χ2v) is 6.38. The summed E-state index contributed by atoms with van der Waals surface area (Å²) in [7, 11) is 0. The van der Waals surface area contributed by atoms with Gasteiger partial charge in [-0.05, 0) is 36.6 Å². The molecule has 0 radical (unpaired) electrons. The maximum atomic E-state index is 12.6. The van der Waals surface area contributed by atoms with Gasteiger partial charge < -0.3 is 9.97 Å². The fraction of sp³-hybridized carbons (Fsp3) is 0.190. The van der Waals surface area contributed by atoms with Crippen LogP contribution in [0.4, 0.5) is 0 Å². The Morgan fingerprint density at radius 2 is 1.88 bits per heavy atom. The van der Waals surface area contributed by atoms with Crippen molar-refractivity contribution in [3.8, 4) is 6.07 Å². The third-order valence-corrected chi connectivity index (χ3v) is 4.68. The van der Waals surface area contributed by atoms with Crippen molar-refractivity contribution in [2.45, 2.75) is 25.2 Å². The number of imidazole rings is 1. The number of carbonyl (C=O) groups excluding carboxylic acids is 1. The van der Waals surface area contributed by atoms with Crippen LogP contribution in [0.15, 0.2) is 54.7 Å². The molecule has 0 aliphatic rings. The molecule has 2 aromatic carbocycles. The van der Waals surface area contributed by atoms with Crippen LogP contribution in [0.2, 0.25) is 0 Å². The highest BCUT2D eigenvalue weighted by atomic mass is 16.1. The van der Waals surface area contributed by atoms with Gasteiger partial charge in [0, 0.05) is 23.5 Å². The van der Waals surface area contributed by atoms with E-state index in [0.717, 1.165) is 23.0 Å². The number of aryl methyl sites for hydroxylation is 1. The molecular formula is C21H18N4O. The minimum absolute atomic E-state index is 0.0913. The molecule has 128 valence electrons. The number of H-pyrrole nitrogens is 2. The van der Waals surface area contributed by atoms with E-state index in [1.54, 1.807) is 0 Å². The number of carbonyl (C=O) groups is 1. The molecular weight excluding hydrogens is 324 g/mol. The van der Waals surface area contributed by atoms with E-state index in [2.05, 4.69) is 27.1 Å². The van der Waals surface area contributed by atoms with Gasteiger partial charge in [-0.3, -0.25) is 4.79 Å². The van der Waals surface area contributed by atoms with Crippen molar-refractivity contribution in [3.63, 3.8) is 0 Å². The van der Waals surface area contributed by atoms with E-state index in [1.165, 1.54) is 10.9 Å². The third kappa shape index (κ3) is 2.98. The Hall–Kier alpha value is -3.39. The average Bonchev–Trinajstić information content (AvgIpc) is 3.26. The first-order chi connectivity index (χ1) is 12.8. The van der Waals surface area contributed by atoms with Crippen LogP contribution in [-0.2, 0) is 11.2 Å².